The van der Waals surface area contributed by atoms with Crippen LogP contribution >= 0.6 is 0 Å². The molecule has 0 aliphatic rings. The monoisotopic (exact) mass is 277 g/mol. The van der Waals surface area contributed by atoms with E-state index in [1.807, 2.05) is 47.0 Å². The summed E-state index contributed by atoms with van der Waals surface area (Å²) in [6.45, 7) is 0.486. The van der Waals surface area contributed by atoms with E-state index in [1.54, 1.807) is 12.5 Å². The van der Waals surface area contributed by atoms with E-state index < -0.39 is 0 Å². The molecule has 0 amide bonds. The van der Waals surface area contributed by atoms with Gasteiger partial charge >= 0.3 is 0 Å². The quantitative estimate of drug-likeness (QED) is 0.575. The maximum atomic E-state index is 5.29. The van der Waals surface area contributed by atoms with E-state index in [1.165, 1.54) is 0 Å². The zero-order chi connectivity index (χ0) is 14.1. The number of nitrogens with zero attached hydrogens (tertiary/aromatic N) is 5. The van der Waals surface area contributed by atoms with E-state index in [2.05, 4.69) is 20.1 Å². The summed E-state index contributed by atoms with van der Waals surface area (Å²) in [4.78, 5) is 12.9. The predicted molar refractivity (Wildman–Crippen MR) is 76.4 cm³/mol. The molecule has 0 unspecified atom stereocenters. The average Bonchev–Trinajstić information content (AvgIpc) is 3.17. The topological polar surface area (TPSA) is 69.6 Å². The van der Waals surface area contributed by atoms with Crippen LogP contribution in [0.15, 0.2) is 59.5 Å². The number of hydrogen-bond donors (Lipinski definition) is 0. The van der Waals surface area contributed by atoms with Gasteiger partial charge < -0.3 is 9.09 Å². The van der Waals surface area contributed by atoms with E-state index >= 15 is 0 Å². The number of pyridine rings is 1. The Kier molecular flexibility index (Phi) is 2.71. The third kappa shape index (κ3) is 2.16. The largest absolute Gasteiger partial charge is 0.337 e. The molecule has 0 radical (unpaired) electrons. The van der Waals surface area contributed by atoms with Crippen molar-refractivity contribution in [3.05, 3.63) is 60.9 Å². The van der Waals surface area contributed by atoms with E-state index in [-0.39, 0.29) is 0 Å². The number of benzene rings is 1. The summed E-state index contributed by atoms with van der Waals surface area (Å²) in [5.41, 5.74) is 2.68. The minimum Gasteiger partial charge on any atom is -0.337 e. The Morgan fingerprint density at radius 3 is 2.81 bits per heavy atom. The first-order chi connectivity index (χ1) is 10.4. The van der Waals surface area contributed by atoms with Gasteiger partial charge in [-0.05, 0) is 24.3 Å². The molecule has 21 heavy (non-hydrogen) atoms. The molecule has 6 nitrogen and oxygen atoms in total. The Balaban J connectivity index is 1.65. The maximum Gasteiger partial charge on any atom is 0.247 e. The molecule has 0 fully saturated rings. The Hall–Kier alpha value is -3.02. The maximum absolute atomic E-state index is 5.29. The molecule has 0 saturated carbocycles. The number of hydrogen-bond acceptors (Lipinski definition) is 5. The molecule has 4 aromatic rings. The first-order valence-electron chi connectivity index (χ1n) is 6.54. The highest BCUT2D eigenvalue weighted by Crippen LogP contribution is 2.15. The van der Waals surface area contributed by atoms with Crippen molar-refractivity contribution in [3.8, 4) is 11.5 Å². The zero-order valence-corrected chi connectivity index (χ0v) is 11.0. The molecule has 0 aliphatic heterocycles. The molecule has 0 saturated heterocycles. The van der Waals surface area contributed by atoms with Crippen molar-refractivity contribution in [3.63, 3.8) is 0 Å². The van der Waals surface area contributed by atoms with Gasteiger partial charge in [0, 0.05) is 6.20 Å². The summed E-state index contributed by atoms with van der Waals surface area (Å²) in [6, 6.07) is 13.5. The second-order valence-corrected chi connectivity index (χ2v) is 4.59. The first kappa shape index (κ1) is 11.8. The van der Waals surface area contributed by atoms with Crippen LogP contribution in [-0.4, -0.2) is 24.7 Å². The van der Waals surface area contributed by atoms with Crippen LogP contribution in [0.4, 0.5) is 0 Å². The molecular formula is C15H11N5O. The molecular weight excluding hydrogens is 266 g/mol. The minimum absolute atomic E-state index is 0.486. The normalized spacial score (nSPS) is 11.0. The summed E-state index contributed by atoms with van der Waals surface area (Å²) in [7, 11) is 0. The van der Waals surface area contributed by atoms with Gasteiger partial charge in [0.25, 0.3) is 0 Å². The summed E-state index contributed by atoms with van der Waals surface area (Å²) < 4.78 is 7.27. The van der Waals surface area contributed by atoms with Crippen LogP contribution in [0.1, 0.15) is 5.89 Å². The van der Waals surface area contributed by atoms with Gasteiger partial charge in [0.2, 0.25) is 11.7 Å². The fraction of sp³-hybridized carbons (Fsp3) is 0.0667. The molecule has 1 aromatic carbocycles. The Bertz CT molecular complexity index is 881. The molecule has 0 spiro atoms. The Morgan fingerprint density at radius 1 is 1.00 bits per heavy atom. The molecule has 0 atom stereocenters. The van der Waals surface area contributed by atoms with Gasteiger partial charge in [-0.25, -0.2) is 4.98 Å². The molecule has 0 bridgehead atoms. The number of para-hydroxylation sites is 2. The summed E-state index contributed by atoms with van der Waals surface area (Å²) in [5, 5.41) is 3.96. The second kappa shape index (κ2) is 4.82. The zero-order valence-electron chi connectivity index (χ0n) is 11.0. The van der Waals surface area contributed by atoms with Crippen LogP contribution < -0.4 is 0 Å². The lowest BCUT2D eigenvalue weighted by Crippen LogP contribution is -1.98. The van der Waals surface area contributed by atoms with Crippen molar-refractivity contribution in [2.75, 3.05) is 0 Å². The average molecular weight is 277 g/mol. The van der Waals surface area contributed by atoms with Crippen molar-refractivity contribution in [1.82, 2.24) is 24.7 Å². The van der Waals surface area contributed by atoms with E-state index in [9.17, 15) is 0 Å². The molecule has 102 valence electrons. The van der Waals surface area contributed by atoms with Gasteiger partial charge in [0.1, 0.15) is 12.2 Å². The highest BCUT2D eigenvalue weighted by molar-refractivity contribution is 5.74. The number of imidazole rings is 1. The van der Waals surface area contributed by atoms with Crippen LogP contribution in [0.2, 0.25) is 0 Å². The van der Waals surface area contributed by atoms with Crippen LogP contribution in [0.3, 0.4) is 0 Å². The first-order valence-corrected chi connectivity index (χ1v) is 6.54. The fourth-order valence-corrected chi connectivity index (χ4v) is 2.20. The number of rotatable bonds is 3. The van der Waals surface area contributed by atoms with Crippen molar-refractivity contribution in [1.29, 1.82) is 0 Å². The van der Waals surface area contributed by atoms with Crippen LogP contribution in [0, 0.1) is 0 Å². The lowest BCUT2D eigenvalue weighted by molar-refractivity contribution is 0.372. The van der Waals surface area contributed by atoms with Crippen LogP contribution in [-0.2, 0) is 6.54 Å². The molecule has 6 heteroatoms. The third-order valence-corrected chi connectivity index (χ3v) is 3.20. The van der Waals surface area contributed by atoms with Gasteiger partial charge in [-0.2, -0.15) is 4.98 Å². The molecule has 3 heterocycles. The van der Waals surface area contributed by atoms with Gasteiger partial charge in [-0.15, -0.1) is 0 Å². The highest BCUT2D eigenvalue weighted by atomic mass is 16.5. The molecule has 0 aliphatic carbocycles. The van der Waals surface area contributed by atoms with E-state index in [0.717, 1.165) is 11.0 Å². The highest BCUT2D eigenvalue weighted by Gasteiger charge is 2.11. The Morgan fingerprint density at radius 2 is 1.90 bits per heavy atom. The Labute approximate surface area is 120 Å². The number of fused-ring (bicyclic) bond motifs is 1. The van der Waals surface area contributed by atoms with Crippen molar-refractivity contribution in [2.45, 2.75) is 6.54 Å². The summed E-state index contributed by atoms with van der Waals surface area (Å²) in [5.74, 6) is 1.02. The minimum atomic E-state index is 0.486. The summed E-state index contributed by atoms with van der Waals surface area (Å²) >= 11 is 0. The van der Waals surface area contributed by atoms with Gasteiger partial charge in [0.05, 0.1) is 17.4 Å². The van der Waals surface area contributed by atoms with E-state index in [0.29, 0.717) is 24.0 Å². The lowest BCUT2D eigenvalue weighted by Gasteiger charge is -1.98. The third-order valence-electron chi connectivity index (χ3n) is 3.20. The second-order valence-electron chi connectivity index (χ2n) is 4.59. The van der Waals surface area contributed by atoms with Crippen LogP contribution in [0.25, 0.3) is 22.6 Å². The SMILES string of the molecule is c1ccc(-c2noc(Cn3cnc4ccccc43)n2)nc1. The van der Waals surface area contributed by atoms with Gasteiger partial charge in [0.15, 0.2) is 0 Å². The standard InChI is InChI=1S/C15H11N5O/c1-2-7-13-11(5-1)17-10-20(13)9-14-18-15(19-21-14)12-6-3-4-8-16-12/h1-8,10H,9H2. The molecule has 4 rings (SSSR count). The fourth-order valence-electron chi connectivity index (χ4n) is 2.20. The van der Waals surface area contributed by atoms with Crippen molar-refractivity contribution in [2.24, 2.45) is 0 Å². The predicted octanol–water partition coefficient (Wildman–Crippen LogP) is 2.53. The van der Waals surface area contributed by atoms with Crippen molar-refractivity contribution >= 4 is 11.0 Å². The van der Waals surface area contributed by atoms with Gasteiger partial charge in [-0.3, -0.25) is 4.98 Å². The molecule has 0 N–H and O–H groups in total. The van der Waals surface area contributed by atoms with Crippen LogP contribution in [0.5, 0.6) is 0 Å². The van der Waals surface area contributed by atoms with E-state index in [4.69, 9.17) is 4.52 Å². The number of aromatic nitrogens is 5. The van der Waals surface area contributed by atoms with Crippen molar-refractivity contribution < 1.29 is 4.52 Å². The van der Waals surface area contributed by atoms with Gasteiger partial charge in [-0.1, -0.05) is 23.4 Å². The molecule has 3 aromatic heterocycles. The smallest absolute Gasteiger partial charge is 0.247 e. The lowest BCUT2D eigenvalue weighted by atomic mass is 10.3. The summed E-state index contributed by atoms with van der Waals surface area (Å²) in [6.07, 6.45) is 3.48.